The number of hydrogen-bond acceptors (Lipinski definition) is 2. The molecule has 0 aliphatic rings. The van der Waals surface area contributed by atoms with Crippen molar-refractivity contribution < 1.29 is 4.79 Å². The third kappa shape index (κ3) is 8.51. The fourth-order valence-electron chi connectivity index (χ4n) is 1.76. The zero-order valence-corrected chi connectivity index (χ0v) is 13.3. The van der Waals surface area contributed by atoms with Gasteiger partial charge in [0.15, 0.2) is 0 Å². The Morgan fingerprint density at radius 2 is 1.67 bits per heavy atom. The summed E-state index contributed by atoms with van der Waals surface area (Å²) in [6.45, 7) is 15.7. The minimum absolute atomic E-state index is 0.0406. The van der Waals surface area contributed by atoms with Crippen molar-refractivity contribution in [1.82, 2.24) is 5.32 Å². The summed E-state index contributed by atoms with van der Waals surface area (Å²) in [4.78, 5) is 11.8. The van der Waals surface area contributed by atoms with Crippen LogP contribution in [0.4, 0.5) is 0 Å². The molecule has 3 nitrogen and oxygen atoms in total. The average Bonchev–Trinajstić information content (AvgIpc) is 2.10. The van der Waals surface area contributed by atoms with Crippen molar-refractivity contribution in [3.63, 3.8) is 0 Å². The van der Waals surface area contributed by atoms with Gasteiger partial charge in [-0.2, -0.15) is 0 Å². The van der Waals surface area contributed by atoms with Gasteiger partial charge in [0.2, 0.25) is 5.91 Å². The maximum atomic E-state index is 11.8. The molecular formula is C15H32N2O. The van der Waals surface area contributed by atoms with Gasteiger partial charge in [-0.25, -0.2) is 0 Å². The topological polar surface area (TPSA) is 55.1 Å². The molecule has 0 bridgehead atoms. The Morgan fingerprint density at radius 1 is 1.17 bits per heavy atom. The van der Waals surface area contributed by atoms with E-state index in [2.05, 4.69) is 53.8 Å². The summed E-state index contributed by atoms with van der Waals surface area (Å²) in [6, 6.07) is 0.0406. The van der Waals surface area contributed by atoms with E-state index in [0.29, 0.717) is 18.9 Å². The molecule has 2 unspecified atom stereocenters. The number of hydrogen-bond donors (Lipinski definition) is 2. The summed E-state index contributed by atoms with van der Waals surface area (Å²) in [5.41, 5.74) is 6.39. The van der Waals surface area contributed by atoms with Gasteiger partial charge in [0.25, 0.3) is 0 Å². The van der Waals surface area contributed by atoms with E-state index in [-0.39, 0.29) is 22.8 Å². The number of rotatable bonds is 5. The maximum absolute atomic E-state index is 11.8. The molecule has 0 saturated heterocycles. The molecule has 0 aromatic heterocycles. The smallest absolute Gasteiger partial charge is 0.220 e. The SMILES string of the molecule is CC(CC(=O)NCC(N)CC(C)(C)C)C(C)(C)C. The van der Waals surface area contributed by atoms with Crippen LogP contribution in [0.5, 0.6) is 0 Å². The molecule has 0 aromatic carbocycles. The van der Waals surface area contributed by atoms with Gasteiger partial charge in [-0.05, 0) is 23.2 Å². The number of nitrogens with one attached hydrogen (secondary N) is 1. The van der Waals surface area contributed by atoms with Crippen molar-refractivity contribution in [3.8, 4) is 0 Å². The van der Waals surface area contributed by atoms with Crippen LogP contribution >= 0.6 is 0 Å². The zero-order valence-electron chi connectivity index (χ0n) is 13.3. The standard InChI is InChI=1S/C15H32N2O/c1-11(15(5,6)7)8-13(18)17-10-12(16)9-14(2,3)4/h11-12H,8-10,16H2,1-7H3,(H,17,18). The highest BCUT2D eigenvalue weighted by Crippen LogP contribution is 2.27. The first kappa shape index (κ1) is 17.4. The predicted octanol–water partition coefficient (Wildman–Crippen LogP) is 2.94. The summed E-state index contributed by atoms with van der Waals surface area (Å²) < 4.78 is 0. The Kier molecular flexibility index (Phi) is 6.35. The summed E-state index contributed by atoms with van der Waals surface area (Å²) in [5, 5.41) is 2.94. The van der Waals surface area contributed by atoms with E-state index < -0.39 is 0 Å². The van der Waals surface area contributed by atoms with Crippen LogP contribution in [0.2, 0.25) is 0 Å². The number of amides is 1. The molecule has 0 aliphatic heterocycles. The maximum Gasteiger partial charge on any atom is 0.220 e. The monoisotopic (exact) mass is 256 g/mol. The van der Waals surface area contributed by atoms with Crippen molar-refractivity contribution in [2.75, 3.05) is 6.54 Å². The van der Waals surface area contributed by atoms with Crippen molar-refractivity contribution in [2.24, 2.45) is 22.5 Å². The second kappa shape index (κ2) is 6.55. The van der Waals surface area contributed by atoms with E-state index in [4.69, 9.17) is 5.73 Å². The van der Waals surface area contributed by atoms with Crippen LogP contribution in [-0.2, 0) is 4.79 Å². The quantitative estimate of drug-likeness (QED) is 0.794. The summed E-state index contributed by atoms with van der Waals surface area (Å²) in [6.07, 6.45) is 1.49. The van der Waals surface area contributed by atoms with Crippen LogP contribution < -0.4 is 11.1 Å². The van der Waals surface area contributed by atoms with E-state index in [1.807, 2.05) is 0 Å². The Labute approximate surface area is 113 Å². The largest absolute Gasteiger partial charge is 0.355 e. The number of carbonyl (C=O) groups excluding carboxylic acids is 1. The number of carbonyl (C=O) groups is 1. The first-order chi connectivity index (χ1) is 7.92. The molecule has 2 atom stereocenters. The van der Waals surface area contributed by atoms with Crippen molar-refractivity contribution in [3.05, 3.63) is 0 Å². The van der Waals surface area contributed by atoms with Gasteiger partial charge in [0, 0.05) is 19.0 Å². The van der Waals surface area contributed by atoms with Gasteiger partial charge in [0.1, 0.15) is 0 Å². The van der Waals surface area contributed by atoms with Crippen molar-refractivity contribution in [1.29, 1.82) is 0 Å². The molecule has 0 heterocycles. The van der Waals surface area contributed by atoms with E-state index in [9.17, 15) is 4.79 Å². The molecule has 18 heavy (non-hydrogen) atoms. The lowest BCUT2D eigenvalue weighted by Gasteiger charge is -2.27. The zero-order chi connectivity index (χ0) is 14.6. The van der Waals surface area contributed by atoms with E-state index in [0.717, 1.165) is 6.42 Å². The first-order valence-electron chi connectivity index (χ1n) is 6.94. The van der Waals surface area contributed by atoms with Crippen LogP contribution in [0.1, 0.15) is 61.3 Å². The van der Waals surface area contributed by atoms with Gasteiger partial charge in [-0.15, -0.1) is 0 Å². The van der Waals surface area contributed by atoms with Crippen LogP contribution in [0.3, 0.4) is 0 Å². The highest BCUT2D eigenvalue weighted by molar-refractivity contribution is 5.76. The highest BCUT2D eigenvalue weighted by atomic mass is 16.1. The van der Waals surface area contributed by atoms with E-state index >= 15 is 0 Å². The molecule has 3 N–H and O–H groups in total. The molecule has 1 amide bonds. The first-order valence-corrected chi connectivity index (χ1v) is 6.94. The highest BCUT2D eigenvalue weighted by Gasteiger charge is 2.23. The number of nitrogens with two attached hydrogens (primary N) is 1. The lowest BCUT2D eigenvalue weighted by atomic mass is 9.80. The van der Waals surface area contributed by atoms with Crippen molar-refractivity contribution in [2.45, 2.75) is 67.3 Å². The van der Waals surface area contributed by atoms with Crippen molar-refractivity contribution >= 4 is 5.91 Å². The minimum Gasteiger partial charge on any atom is -0.355 e. The van der Waals surface area contributed by atoms with E-state index in [1.54, 1.807) is 0 Å². The Hall–Kier alpha value is -0.570. The summed E-state index contributed by atoms with van der Waals surface area (Å²) >= 11 is 0. The second-order valence-electron chi connectivity index (χ2n) is 7.80. The van der Waals surface area contributed by atoms with Gasteiger partial charge < -0.3 is 11.1 Å². The summed E-state index contributed by atoms with van der Waals surface area (Å²) in [5.74, 6) is 0.484. The third-order valence-electron chi connectivity index (χ3n) is 3.41. The van der Waals surface area contributed by atoms with Gasteiger partial charge in [0.05, 0.1) is 0 Å². The Bertz CT molecular complexity index is 261. The Balaban J connectivity index is 3.98. The van der Waals surface area contributed by atoms with Gasteiger partial charge in [-0.1, -0.05) is 48.5 Å². The molecule has 0 rings (SSSR count). The van der Waals surface area contributed by atoms with Crippen LogP contribution in [0.15, 0.2) is 0 Å². The fourth-order valence-corrected chi connectivity index (χ4v) is 1.76. The average molecular weight is 256 g/mol. The van der Waals surface area contributed by atoms with Crippen LogP contribution in [0.25, 0.3) is 0 Å². The lowest BCUT2D eigenvalue weighted by Crippen LogP contribution is -2.40. The fraction of sp³-hybridized carbons (Fsp3) is 0.933. The minimum atomic E-state index is 0.0406. The third-order valence-corrected chi connectivity index (χ3v) is 3.41. The van der Waals surface area contributed by atoms with Crippen LogP contribution in [0, 0.1) is 16.7 Å². The van der Waals surface area contributed by atoms with E-state index in [1.165, 1.54) is 0 Å². The molecule has 0 fully saturated rings. The van der Waals surface area contributed by atoms with Gasteiger partial charge in [-0.3, -0.25) is 4.79 Å². The predicted molar refractivity (Wildman–Crippen MR) is 78.3 cm³/mol. The summed E-state index contributed by atoms with van der Waals surface area (Å²) in [7, 11) is 0. The van der Waals surface area contributed by atoms with Crippen LogP contribution in [-0.4, -0.2) is 18.5 Å². The molecule has 0 spiro atoms. The molecule has 0 aliphatic carbocycles. The lowest BCUT2D eigenvalue weighted by molar-refractivity contribution is -0.122. The molecule has 0 saturated carbocycles. The molecule has 108 valence electrons. The molecule has 0 radical (unpaired) electrons. The normalized spacial score (nSPS) is 16.2. The Morgan fingerprint density at radius 3 is 2.06 bits per heavy atom. The molecule has 0 aromatic rings. The van der Waals surface area contributed by atoms with Gasteiger partial charge >= 0.3 is 0 Å². The second-order valence-corrected chi connectivity index (χ2v) is 7.80. The molecular weight excluding hydrogens is 224 g/mol. The molecule has 3 heteroatoms.